The molecule has 95 heavy (non-hydrogen) atoms. The quantitative estimate of drug-likeness (QED) is 0.155. The van der Waals surface area contributed by atoms with Crippen LogP contribution < -0.4 is 39.1 Å². The van der Waals surface area contributed by atoms with Gasteiger partial charge in [0.05, 0.1) is 0 Å². The van der Waals surface area contributed by atoms with Crippen LogP contribution in [0, 0.1) is 0 Å². The van der Waals surface area contributed by atoms with Crippen molar-refractivity contribution in [3.05, 3.63) is 147 Å². The fraction of sp³-hybridized carbons (Fsp3) is 0. The molecule has 52 nitrogen and oxygen atoms in total. The predicted molar refractivity (Wildman–Crippen MR) is 190 cm³/mol. The smallest absolute Gasteiger partial charge is 0.167 e. The molecule has 0 aliphatic rings. The third-order valence-electron chi connectivity index (χ3n) is 5.23. The Labute approximate surface area is 713 Å². The second-order valence-electron chi connectivity index (χ2n) is 8.13. The van der Waals surface area contributed by atoms with Gasteiger partial charge in [0.25, 0.3) is 0 Å². The summed E-state index contributed by atoms with van der Waals surface area (Å²) in [5, 5.41) is 0. The molecule has 6 heterocycles. The number of nitrogens with one attached hydrogen (secondary N) is 4. The Balaban J connectivity index is -0.00000000442. The summed E-state index contributed by atoms with van der Waals surface area (Å²) in [6.07, 6.45) is 22.5. The molecule has 0 atom stereocenters. The van der Waals surface area contributed by atoms with Gasteiger partial charge in [0, 0.05) is 326 Å². The van der Waals surface area contributed by atoms with Gasteiger partial charge in [-0.25, -0.2) is 19.9 Å². The van der Waals surface area contributed by atoms with Gasteiger partial charge in [-0.05, 0) is 57.6 Å². The monoisotopic (exact) mass is 3460 g/mol. The summed E-state index contributed by atoms with van der Waals surface area (Å²) in [5.74, 6) is 0. The van der Waals surface area contributed by atoms with Crippen LogP contribution in [0.4, 0.5) is 0 Å². The third kappa shape index (κ3) is 221. The Hall–Kier alpha value is 1.54. The molecule has 0 fully saturated rings. The fourth-order valence-corrected chi connectivity index (χ4v) is 3.41. The van der Waals surface area contributed by atoms with E-state index in [1.54, 1.807) is 24.8 Å². The zero-order valence-corrected chi connectivity index (χ0v) is 80.7. The third-order valence-corrected chi connectivity index (χ3v) is 5.23. The number of nitrogens with zero attached hydrogens (tertiary/aromatic N) is 2. The number of rotatable bonds is 3. The molecule has 6 aromatic rings. The first-order valence-electron chi connectivity index (χ1n) is 12.4. The molecule has 0 spiro atoms. The summed E-state index contributed by atoms with van der Waals surface area (Å²) in [7, 11) is -5.61. The predicted octanol–water partition coefficient (Wildman–Crippen LogP) is -10.3. The van der Waals surface area contributed by atoms with Gasteiger partial charge in [0.2, 0.25) is 0 Å². The van der Waals surface area contributed by atoms with Crippen molar-refractivity contribution in [3.8, 4) is 33.4 Å². The van der Waals surface area contributed by atoms with E-state index in [9.17, 15) is 0 Å². The van der Waals surface area contributed by atoms with Crippen LogP contribution in [0.15, 0.2) is 147 Å². The average molecular weight is 3450 g/mol. The molecule has 0 saturated heterocycles. The Kier molecular flexibility index (Phi) is 1290. The van der Waals surface area contributed by atoms with E-state index in [1.807, 2.05) is 73.8 Å². The first kappa shape index (κ1) is 444. The minimum Gasteiger partial charge on any atom is -2.00 e. The summed E-state index contributed by atoms with van der Waals surface area (Å²) >= 11 is 0. The summed E-state index contributed by atoms with van der Waals surface area (Å²) in [4.78, 5) is 54.2. The first-order valence-corrected chi connectivity index (χ1v) is 14.0. The normalized spacial score (nSPS) is 4.29. The molecule has 65 heteroatoms. The minimum atomic E-state index is -5.61. The molecule has 0 bridgehead atoms. The Morgan fingerprint density at radius 3 is 0.337 bits per heavy atom. The van der Waals surface area contributed by atoms with Crippen molar-refractivity contribution in [1.82, 2.24) is 9.97 Å². The van der Waals surface area contributed by atoms with Gasteiger partial charge in [-0.1, -0.05) is 0 Å². The van der Waals surface area contributed by atoms with Crippen molar-refractivity contribution < 1.29 is 522 Å². The molecule has 0 saturated carbocycles. The van der Waals surface area contributed by atoms with Gasteiger partial charge in [-0.2, -0.15) is 0 Å². The second-order valence-corrected chi connectivity index (χ2v) is 9.13. The maximum atomic E-state index is 8.58. The summed E-state index contributed by atoms with van der Waals surface area (Å²) in [5.41, 5.74) is 7.25. The SMILES string of the molecule is O.O.O.O.O.O.[O-2].[O-2].[O-2].[O-2].[O-2].[O-2].[O-2].[O-2].[O-2].[O-2].[O-2].[O-2].[O-2].[O-2].[O-2].[O-2].[O-2].[O-2].[O-2].[O-2].[O-2].[O-2].[O-2].[O-2].[O-2].[O-2].[O-2].[O-2].[O-2].[O-2].[O-2].[O-2].[O-2].[O-2].[O-2].[O-2].[O-][Si]([O-])([O-])[O-].[W].[W].[W].[W].[W].[W].[W].[W].[W].[W].[W].[W].c1cc(-c2cc[nH+]cc2)cc[nH+]1.c1cc(-c2cc[nH+]cc2)cc[nH+]1.c1cc(-c2ccncc2)ccn1. The van der Waals surface area contributed by atoms with Crippen LogP contribution in [0.1, 0.15) is 0 Å². The number of hydrogen-bond acceptors (Lipinski definition) is 6. The molecule has 614 valence electrons. The van der Waals surface area contributed by atoms with Gasteiger partial charge < -0.3 is 258 Å². The number of hydrogen-bond donors (Lipinski definition) is 0. The van der Waals surface area contributed by atoms with E-state index in [0.29, 0.717) is 0 Å². The molecule has 0 radical (unpaired) electrons. The first-order chi connectivity index (χ1) is 19.9. The van der Waals surface area contributed by atoms with Crippen molar-refractivity contribution in [3.63, 3.8) is 0 Å². The van der Waals surface area contributed by atoms with Crippen molar-refractivity contribution in [2.75, 3.05) is 0 Å². The van der Waals surface area contributed by atoms with Crippen LogP contribution >= 0.6 is 0 Å². The van der Waals surface area contributed by atoms with Crippen molar-refractivity contribution >= 4 is 9.05 Å². The molecule has 6 rings (SSSR count). The largest absolute Gasteiger partial charge is 2.00 e. The molecule has 0 aromatic carbocycles. The fourth-order valence-electron chi connectivity index (χ4n) is 3.41. The average Bonchev–Trinajstić information content (AvgIpc) is 3.04. The second kappa shape index (κ2) is 277. The number of aromatic amines is 4. The number of aromatic nitrogens is 6. The molecule has 0 amide bonds. The van der Waals surface area contributed by atoms with Crippen LogP contribution in [0.25, 0.3) is 33.4 Å². The van der Waals surface area contributed by atoms with Gasteiger partial charge in [0.1, 0.15) is 0 Å². The standard InChI is InChI=1S/3C10H8N2.O4Si.6H2O.36O.12W/c3*1-5-11-6-2-9(1)10-3-7-12-8-4-10;1-5(2,3)4;;;;;;;;;;;;;;;;;;;;;;;;;;;;;;;;;;;;;;;;;;;;;;;;;;;;;;/h3*1-8H;;6*1H2;;;;;;;;;;;;;;;;;;;;;;;;;;;;;;;;;;;;;;;;;;;;;;;;/q;;;-4;;;;;;;36*-2;;;;;;;;;;;;/p+4. The van der Waals surface area contributed by atoms with Gasteiger partial charge >= 0.3 is 0 Å². The van der Waals surface area contributed by atoms with E-state index in [-0.39, 0.29) is 483 Å². The van der Waals surface area contributed by atoms with Crippen LogP contribution in [-0.2, 0) is 450 Å². The van der Waals surface area contributed by atoms with E-state index in [0.717, 1.165) is 0 Å². The number of H-pyrrole nitrogens is 4. The molecular weight excluding hydrogens is 3410 g/mol. The maximum absolute atomic E-state index is 8.58. The molecule has 0 aliphatic carbocycles. The van der Waals surface area contributed by atoms with Crippen molar-refractivity contribution in [1.29, 1.82) is 0 Å². The van der Waals surface area contributed by atoms with Crippen molar-refractivity contribution in [2.45, 2.75) is 0 Å². The Bertz CT molecular complexity index is 1320. The van der Waals surface area contributed by atoms with E-state index in [4.69, 9.17) is 19.2 Å². The molecular formula is C30H40N6O46SiW12-72. The van der Waals surface area contributed by atoms with Gasteiger partial charge in [-0.3, -0.25) is 9.97 Å². The summed E-state index contributed by atoms with van der Waals surface area (Å²) in [6.45, 7) is 0. The maximum Gasteiger partial charge on any atom is 0.167 e. The zero-order chi connectivity index (χ0) is 29.2. The van der Waals surface area contributed by atoms with Crippen molar-refractivity contribution in [2.24, 2.45) is 0 Å². The van der Waals surface area contributed by atoms with E-state index < -0.39 is 9.05 Å². The molecule has 6 aromatic heterocycles. The minimum absolute atomic E-state index is 0. The van der Waals surface area contributed by atoms with Crippen LogP contribution in [-0.4, -0.2) is 51.9 Å². The van der Waals surface area contributed by atoms with Gasteiger partial charge in [0.15, 0.2) is 49.6 Å². The Morgan fingerprint density at radius 2 is 0.253 bits per heavy atom. The van der Waals surface area contributed by atoms with E-state index in [1.165, 1.54) is 33.4 Å². The zero-order valence-electron chi connectivity index (χ0n) is 44.5. The van der Waals surface area contributed by atoms with E-state index in [2.05, 4.69) is 78.4 Å². The summed E-state index contributed by atoms with van der Waals surface area (Å²) in [6, 6.07) is 24.3. The van der Waals surface area contributed by atoms with Crippen LogP contribution in [0.3, 0.4) is 0 Å². The molecule has 16 N–H and O–H groups in total. The topological polar surface area (TPSA) is 1390 Å². The Morgan fingerprint density at radius 1 is 0.179 bits per heavy atom. The molecule has 0 aliphatic heterocycles. The van der Waals surface area contributed by atoms with Gasteiger partial charge in [-0.15, -0.1) is 0 Å². The van der Waals surface area contributed by atoms with Crippen LogP contribution in [0.2, 0.25) is 0 Å². The van der Waals surface area contributed by atoms with E-state index >= 15 is 0 Å². The number of pyridine rings is 6. The molecule has 0 unspecified atom stereocenters. The van der Waals surface area contributed by atoms with Crippen LogP contribution in [0.5, 0.6) is 0 Å². The summed E-state index contributed by atoms with van der Waals surface area (Å²) < 4.78 is 0.